The smallest absolute Gasteiger partial charge is 0.287 e. The van der Waals surface area contributed by atoms with Gasteiger partial charge in [0.2, 0.25) is 5.91 Å². The van der Waals surface area contributed by atoms with Gasteiger partial charge >= 0.3 is 5.66 Å². The van der Waals surface area contributed by atoms with Crippen molar-refractivity contribution in [3.8, 4) is 0 Å². The second kappa shape index (κ2) is 5.28. The zero-order valence-electron chi connectivity index (χ0n) is 11.7. The quantitative estimate of drug-likeness (QED) is 0.834. The van der Waals surface area contributed by atoms with Crippen molar-refractivity contribution < 1.29 is 4.79 Å². The monoisotopic (exact) mass is 268 g/mol. The summed E-state index contributed by atoms with van der Waals surface area (Å²) in [7, 11) is 0. The lowest BCUT2D eigenvalue weighted by molar-refractivity contribution is -0.121. The summed E-state index contributed by atoms with van der Waals surface area (Å²) in [6, 6.07) is 8.37. The lowest BCUT2D eigenvalue weighted by Gasteiger charge is -2.17. The summed E-state index contributed by atoms with van der Waals surface area (Å²) in [6.07, 6.45) is 6.64. The first-order valence-electron chi connectivity index (χ1n) is 7.49. The van der Waals surface area contributed by atoms with Crippen LogP contribution in [0, 0.1) is 6.57 Å². The van der Waals surface area contributed by atoms with Gasteiger partial charge in [-0.1, -0.05) is 24.3 Å². The van der Waals surface area contributed by atoms with Crippen LogP contribution in [0.1, 0.15) is 55.6 Å². The molecule has 1 N–H and O–H groups in total. The van der Waals surface area contributed by atoms with Crippen molar-refractivity contribution >= 4 is 5.91 Å². The molecule has 1 aromatic carbocycles. The summed E-state index contributed by atoms with van der Waals surface area (Å²) in [5, 5.41) is 2.95. The maximum atomic E-state index is 12.1. The molecule has 0 aliphatic heterocycles. The number of amides is 1. The number of hydrogen-bond donors (Lipinski definition) is 1. The highest BCUT2D eigenvalue weighted by atomic mass is 16.1. The third-order valence-electron chi connectivity index (χ3n) is 4.41. The maximum Gasteiger partial charge on any atom is 0.307 e. The van der Waals surface area contributed by atoms with Crippen LogP contribution in [0.4, 0.5) is 0 Å². The van der Waals surface area contributed by atoms with Gasteiger partial charge in [0.05, 0.1) is 6.42 Å². The molecule has 3 nitrogen and oxygen atoms in total. The van der Waals surface area contributed by atoms with Crippen LogP contribution in [0.2, 0.25) is 0 Å². The molecule has 2 aliphatic carbocycles. The maximum absolute atomic E-state index is 12.1. The average molecular weight is 268 g/mol. The fourth-order valence-corrected chi connectivity index (χ4v) is 3.04. The summed E-state index contributed by atoms with van der Waals surface area (Å²) >= 11 is 0. The van der Waals surface area contributed by atoms with Crippen LogP contribution >= 0.6 is 0 Å². The van der Waals surface area contributed by atoms with Crippen molar-refractivity contribution in [2.45, 2.75) is 56.5 Å². The molecular formula is C17H20N2O. The van der Waals surface area contributed by atoms with E-state index in [9.17, 15) is 4.79 Å². The molecule has 0 saturated heterocycles. The fraction of sp³-hybridized carbons (Fsp3) is 0.529. The van der Waals surface area contributed by atoms with E-state index in [0.717, 1.165) is 37.2 Å². The highest BCUT2D eigenvalue weighted by Crippen LogP contribution is 2.39. The predicted octanol–water partition coefficient (Wildman–Crippen LogP) is 3.41. The molecule has 2 fully saturated rings. The Morgan fingerprint density at radius 3 is 2.45 bits per heavy atom. The van der Waals surface area contributed by atoms with Crippen LogP contribution in [-0.4, -0.2) is 11.6 Å². The third-order valence-corrected chi connectivity index (χ3v) is 4.41. The molecule has 0 radical (unpaired) electrons. The van der Waals surface area contributed by atoms with Gasteiger partial charge in [-0.05, 0) is 42.7 Å². The van der Waals surface area contributed by atoms with E-state index in [1.165, 1.54) is 18.4 Å². The van der Waals surface area contributed by atoms with Crippen molar-refractivity contribution in [1.82, 2.24) is 5.32 Å². The van der Waals surface area contributed by atoms with Crippen LogP contribution in [0.3, 0.4) is 0 Å². The number of rotatable bonds is 4. The SMILES string of the molecule is [C-]#[N+]C1(NC(=O)Cc2ccc(C3CC3)cc2)CCCC1. The molecule has 2 saturated carbocycles. The fourth-order valence-electron chi connectivity index (χ4n) is 3.04. The molecule has 1 amide bonds. The molecule has 2 aliphatic rings. The van der Waals surface area contributed by atoms with Crippen LogP contribution in [-0.2, 0) is 11.2 Å². The van der Waals surface area contributed by atoms with Gasteiger partial charge in [-0.2, -0.15) is 0 Å². The molecular weight excluding hydrogens is 248 g/mol. The number of carbonyl (C=O) groups excluding carboxylic acids is 1. The third kappa shape index (κ3) is 2.85. The van der Waals surface area contributed by atoms with Crippen molar-refractivity contribution in [1.29, 1.82) is 0 Å². The van der Waals surface area contributed by atoms with E-state index in [2.05, 4.69) is 22.3 Å². The van der Waals surface area contributed by atoms with Gasteiger partial charge in [0.25, 0.3) is 0 Å². The van der Waals surface area contributed by atoms with E-state index >= 15 is 0 Å². The lowest BCUT2D eigenvalue weighted by Crippen LogP contribution is -2.44. The highest BCUT2D eigenvalue weighted by molar-refractivity contribution is 5.79. The van der Waals surface area contributed by atoms with Gasteiger partial charge in [0.1, 0.15) is 0 Å². The van der Waals surface area contributed by atoms with Crippen LogP contribution in [0.25, 0.3) is 4.85 Å². The van der Waals surface area contributed by atoms with Gasteiger partial charge in [-0.15, -0.1) is 0 Å². The molecule has 0 spiro atoms. The molecule has 3 heteroatoms. The molecule has 1 aromatic rings. The van der Waals surface area contributed by atoms with E-state index in [1.807, 2.05) is 12.1 Å². The van der Waals surface area contributed by atoms with Crippen LogP contribution in [0.15, 0.2) is 24.3 Å². The van der Waals surface area contributed by atoms with Crippen molar-refractivity contribution in [3.63, 3.8) is 0 Å². The summed E-state index contributed by atoms with van der Waals surface area (Å²) in [5.41, 5.74) is 1.80. The molecule has 0 bridgehead atoms. The Hall–Kier alpha value is -1.82. The second-order valence-corrected chi connectivity index (χ2v) is 6.09. The minimum Gasteiger partial charge on any atom is -0.287 e. The standard InChI is InChI=1S/C17H20N2O/c1-18-17(10-2-3-11-17)19-16(20)12-13-4-6-14(7-5-13)15-8-9-15/h4-7,15H,2-3,8-12H2,(H,19,20). The highest BCUT2D eigenvalue weighted by Gasteiger charge is 2.41. The van der Waals surface area contributed by atoms with E-state index in [-0.39, 0.29) is 5.91 Å². The van der Waals surface area contributed by atoms with Gasteiger partial charge in [-0.3, -0.25) is 15.0 Å². The Balaban J connectivity index is 1.59. The molecule has 0 aromatic heterocycles. The van der Waals surface area contributed by atoms with Gasteiger partial charge < -0.3 is 0 Å². The zero-order valence-corrected chi connectivity index (χ0v) is 11.7. The number of carbonyl (C=O) groups is 1. The minimum atomic E-state index is -0.620. The molecule has 0 unspecified atom stereocenters. The number of hydrogen-bond acceptors (Lipinski definition) is 1. The molecule has 0 heterocycles. The zero-order chi connectivity index (χ0) is 14.0. The average Bonchev–Trinajstić information content (AvgIpc) is 3.20. The van der Waals surface area contributed by atoms with Gasteiger partial charge in [0, 0.05) is 12.8 Å². The summed E-state index contributed by atoms with van der Waals surface area (Å²) in [6.45, 7) is 7.31. The molecule has 3 rings (SSSR count). The van der Waals surface area contributed by atoms with Crippen molar-refractivity contribution in [3.05, 3.63) is 46.8 Å². The molecule has 20 heavy (non-hydrogen) atoms. The Labute approximate surface area is 120 Å². The second-order valence-electron chi connectivity index (χ2n) is 6.09. The summed E-state index contributed by atoms with van der Waals surface area (Å²) in [5.74, 6) is 0.726. The van der Waals surface area contributed by atoms with E-state index in [4.69, 9.17) is 6.57 Å². The van der Waals surface area contributed by atoms with Crippen molar-refractivity contribution in [2.75, 3.05) is 0 Å². The van der Waals surface area contributed by atoms with E-state index < -0.39 is 5.66 Å². The van der Waals surface area contributed by atoms with E-state index in [0.29, 0.717) is 6.42 Å². The Kier molecular flexibility index (Phi) is 3.48. The largest absolute Gasteiger partial charge is 0.307 e. The number of nitrogens with one attached hydrogen (secondary N) is 1. The Morgan fingerprint density at radius 2 is 1.90 bits per heavy atom. The van der Waals surface area contributed by atoms with Gasteiger partial charge in [0.15, 0.2) is 0 Å². The lowest BCUT2D eigenvalue weighted by atomic mass is 10.0. The number of nitrogens with zero attached hydrogens (tertiary/aromatic N) is 1. The summed E-state index contributed by atoms with van der Waals surface area (Å²) in [4.78, 5) is 15.8. The topological polar surface area (TPSA) is 33.5 Å². The predicted molar refractivity (Wildman–Crippen MR) is 78.1 cm³/mol. The van der Waals surface area contributed by atoms with Gasteiger partial charge in [-0.25, -0.2) is 6.57 Å². The normalized spacial score (nSPS) is 20.4. The van der Waals surface area contributed by atoms with Crippen LogP contribution in [0.5, 0.6) is 0 Å². The number of benzene rings is 1. The molecule has 0 atom stereocenters. The first-order chi connectivity index (χ1) is 9.71. The van der Waals surface area contributed by atoms with Crippen molar-refractivity contribution in [2.24, 2.45) is 0 Å². The molecule has 104 valence electrons. The van der Waals surface area contributed by atoms with E-state index in [1.54, 1.807) is 0 Å². The summed E-state index contributed by atoms with van der Waals surface area (Å²) < 4.78 is 0. The first kappa shape index (κ1) is 13.2. The Morgan fingerprint density at radius 1 is 1.25 bits per heavy atom. The first-order valence-corrected chi connectivity index (χ1v) is 7.49. The minimum absolute atomic E-state index is 0.0259. The van der Waals surface area contributed by atoms with Crippen LogP contribution < -0.4 is 5.32 Å². The Bertz CT molecular complexity index is 531.